The third-order valence-corrected chi connectivity index (χ3v) is 4.42. The van der Waals surface area contributed by atoms with E-state index in [0.717, 1.165) is 15.5 Å². The van der Waals surface area contributed by atoms with Gasteiger partial charge in [-0.25, -0.2) is 4.98 Å². The first-order valence-corrected chi connectivity index (χ1v) is 7.23. The third kappa shape index (κ3) is 2.10. The van der Waals surface area contributed by atoms with E-state index in [-0.39, 0.29) is 12.2 Å². The molecule has 2 N–H and O–H groups in total. The van der Waals surface area contributed by atoms with Crippen molar-refractivity contribution < 1.29 is 4.79 Å². The van der Waals surface area contributed by atoms with Crippen LogP contribution in [0.2, 0.25) is 0 Å². The fraction of sp³-hybridized carbons (Fsp3) is 0.167. The number of imidazole rings is 1. The van der Waals surface area contributed by atoms with Crippen LogP contribution in [0, 0.1) is 0 Å². The van der Waals surface area contributed by atoms with Gasteiger partial charge in [-0.3, -0.25) is 9.20 Å². The Bertz CT molecular complexity index is 640. The van der Waals surface area contributed by atoms with Crippen molar-refractivity contribution in [2.45, 2.75) is 12.5 Å². The Hall–Kier alpha value is -1.50. The molecule has 4 nitrogen and oxygen atoms in total. The summed E-state index contributed by atoms with van der Waals surface area (Å²) in [6, 6.07) is 3.25. The predicted molar refractivity (Wildman–Crippen MR) is 73.0 cm³/mol. The molecule has 3 aromatic heterocycles. The number of hydrogen-bond donors (Lipinski definition) is 1. The first-order chi connectivity index (χ1) is 8.74. The van der Waals surface area contributed by atoms with Crippen molar-refractivity contribution in [2.24, 2.45) is 5.73 Å². The highest BCUT2D eigenvalue weighted by Gasteiger charge is 2.18. The second kappa shape index (κ2) is 4.64. The molecule has 0 saturated heterocycles. The maximum atomic E-state index is 12.0. The summed E-state index contributed by atoms with van der Waals surface area (Å²) in [4.78, 5) is 18.2. The molecule has 0 saturated carbocycles. The maximum Gasteiger partial charge on any atom is 0.193 e. The number of hydrogen-bond acceptors (Lipinski definition) is 5. The van der Waals surface area contributed by atoms with Gasteiger partial charge in [0.25, 0.3) is 0 Å². The minimum atomic E-state index is -0.537. The normalized spacial score (nSPS) is 12.9. The van der Waals surface area contributed by atoms with E-state index in [9.17, 15) is 4.79 Å². The molecule has 3 aromatic rings. The standard InChI is InChI=1S/C12H11N3OS2/c13-11(10-2-1-4-17-10)9(16)6-8-7-15-3-5-18-12(15)14-8/h1-5,7,11H,6,13H2. The van der Waals surface area contributed by atoms with Crippen LogP contribution in [0.5, 0.6) is 0 Å². The van der Waals surface area contributed by atoms with Crippen molar-refractivity contribution in [1.82, 2.24) is 9.38 Å². The summed E-state index contributed by atoms with van der Waals surface area (Å²) in [6.07, 6.45) is 4.10. The summed E-state index contributed by atoms with van der Waals surface area (Å²) in [7, 11) is 0. The van der Waals surface area contributed by atoms with Gasteiger partial charge in [-0.2, -0.15) is 0 Å². The van der Waals surface area contributed by atoms with Gasteiger partial charge in [-0.05, 0) is 11.4 Å². The summed E-state index contributed by atoms with van der Waals surface area (Å²) in [5, 5.41) is 3.89. The minimum Gasteiger partial charge on any atom is -0.317 e. The number of rotatable bonds is 4. The number of nitrogens with zero attached hydrogens (tertiary/aromatic N) is 2. The fourth-order valence-electron chi connectivity index (χ4n) is 1.78. The number of thiophene rings is 1. The molecule has 92 valence electrons. The van der Waals surface area contributed by atoms with E-state index >= 15 is 0 Å². The van der Waals surface area contributed by atoms with Gasteiger partial charge in [-0.1, -0.05) is 6.07 Å². The van der Waals surface area contributed by atoms with Crippen molar-refractivity contribution in [3.8, 4) is 0 Å². The van der Waals surface area contributed by atoms with Crippen LogP contribution < -0.4 is 5.73 Å². The van der Waals surface area contributed by atoms with Gasteiger partial charge in [0.15, 0.2) is 10.7 Å². The number of aromatic nitrogens is 2. The maximum absolute atomic E-state index is 12.0. The van der Waals surface area contributed by atoms with Crippen molar-refractivity contribution in [1.29, 1.82) is 0 Å². The molecule has 0 fully saturated rings. The Labute approximate surface area is 112 Å². The van der Waals surface area contributed by atoms with E-state index in [1.807, 2.05) is 39.7 Å². The topological polar surface area (TPSA) is 60.4 Å². The predicted octanol–water partition coefficient (Wildman–Crippen LogP) is 2.27. The van der Waals surface area contributed by atoms with E-state index in [2.05, 4.69) is 4.98 Å². The van der Waals surface area contributed by atoms with Crippen molar-refractivity contribution in [3.05, 3.63) is 45.9 Å². The Morgan fingerprint density at radius 2 is 2.33 bits per heavy atom. The molecular weight excluding hydrogens is 266 g/mol. The van der Waals surface area contributed by atoms with Crippen LogP contribution in [-0.4, -0.2) is 15.2 Å². The molecule has 1 atom stereocenters. The summed E-state index contributed by atoms with van der Waals surface area (Å²) >= 11 is 3.06. The number of carbonyl (C=O) groups is 1. The Morgan fingerprint density at radius 1 is 1.44 bits per heavy atom. The average molecular weight is 277 g/mol. The molecule has 1 unspecified atom stereocenters. The molecule has 0 aliphatic heterocycles. The SMILES string of the molecule is NC(C(=O)Cc1cn2ccsc2n1)c1cccs1. The highest BCUT2D eigenvalue weighted by Crippen LogP contribution is 2.19. The fourth-order valence-corrected chi connectivity index (χ4v) is 3.25. The second-order valence-electron chi connectivity index (χ2n) is 3.96. The minimum absolute atomic E-state index is 0.00297. The lowest BCUT2D eigenvalue weighted by molar-refractivity contribution is -0.119. The van der Waals surface area contributed by atoms with Crippen LogP contribution >= 0.6 is 22.7 Å². The van der Waals surface area contributed by atoms with Gasteiger partial charge in [-0.15, -0.1) is 22.7 Å². The summed E-state index contributed by atoms with van der Waals surface area (Å²) < 4.78 is 1.92. The monoisotopic (exact) mass is 277 g/mol. The van der Waals surface area contributed by atoms with Crippen LogP contribution in [0.1, 0.15) is 16.6 Å². The average Bonchev–Trinajstić information content (AvgIpc) is 3.03. The van der Waals surface area contributed by atoms with E-state index in [0.29, 0.717) is 0 Å². The number of thiazole rings is 1. The van der Waals surface area contributed by atoms with Crippen molar-refractivity contribution in [2.75, 3.05) is 0 Å². The van der Waals surface area contributed by atoms with Gasteiger partial charge in [0.05, 0.1) is 18.2 Å². The molecule has 0 radical (unpaired) electrons. The molecule has 0 aliphatic rings. The molecule has 18 heavy (non-hydrogen) atoms. The Morgan fingerprint density at radius 3 is 3.06 bits per heavy atom. The molecule has 0 amide bonds. The number of ketones is 1. The molecule has 0 spiro atoms. The molecule has 6 heteroatoms. The van der Waals surface area contributed by atoms with Crippen molar-refractivity contribution in [3.63, 3.8) is 0 Å². The zero-order valence-electron chi connectivity index (χ0n) is 9.45. The van der Waals surface area contributed by atoms with Crippen molar-refractivity contribution >= 4 is 33.4 Å². The lowest BCUT2D eigenvalue weighted by Crippen LogP contribution is -2.22. The number of nitrogens with two attached hydrogens (primary N) is 1. The van der Waals surface area contributed by atoms with Gasteiger partial charge in [0, 0.05) is 22.7 Å². The van der Waals surface area contributed by atoms with Crippen LogP contribution in [0.4, 0.5) is 0 Å². The quantitative estimate of drug-likeness (QED) is 0.796. The number of carbonyl (C=O) groups excluding carboxylic acids is 1. The molecular formula is C12H11N3OS2. The molecule has 0 bridgehead atoms. The number of fused-ring (bicyclic) bond motifs is 1. The summed E-state index contributed by atoms with van der Waals surface area (Å²) in [6.45, 7) is 0. The largest absolute Gasteiger partial charge is 0.317 e. The van der Waals surface area contributed by atoms with E-state index in [1.54, 1.807) is 11.3 Å². The van der Waals surface area contributed by atoms with E-state index in [1.165, 1.54) is 11.3 Å². The van der Waals surface area contributed by atoms with Gasteiger partial charge >= 0.3 is 0 Å². The zero-order chi connectivity index (χ0) is 12.5. The summed E-state index contributed by atoms with van der Waals surface area (Å²) in [5.41, 5.74) is 6.71. The third-order valence-electron chi connectivity index (χ3n) is 2.70. The van der Waals surface area contributed by atoms with Crippen LogP contribution in [0.3, 0.4) is 0 Å². The number of Topliss-reactive ketones (excluding diaryl/α,β-unsaturated/α-hetero) is 1. The Balaban J connectivity index is 1.76. The van der Waals surface area contributed by atoms with Gasteiger partial charge in [0.2, 0.25) is 0 Å². The molecule has 3 heterocycles. The van der Waals surface area contributed by atoms with Crippen LogP contribution in [0.25, 0.3) is 4.96 Å². The molecule has 3 rings (SSSR count). The smallest absolute Gasteiger partial charge is 0.193 e. The van der Waals surface area contributed by atoms with Crippen LogP contribution in [0.15, 0.2) is 35.3 Å². The van der Waals surface area contributed by atoms with Crippen LogP contribution in [-0.2, 0) is 11.2 Å². The second-order valence-corrected chi connectivity index (χ2v) is 5.81. The van der Waals surface area contributed by atoms with E-state index in [4.69, 9.17) is 5.73 Å². The summed E-state index contributed by atoms with van der Waals surface area (Å²) in [5.74, 6) is 0.00297. The first-order valence-electron chi connectivity index (χ1n) is 5.47. The highest BCUT2D eigenvalue weighted by molar-refractivity contribution is 7.15. The van der Waals surface area contributed by atoms with Gasteiger partial charge < -0.3 is 5.73 Å². The first kappa shape index (κ1) is 11.6. The Kier molecular flexibility index (Phi) is 2.99. The van der Waals surface area contributed by atoms with E-state index < -0.39 is 6.04 Å². The van der Waals surface area contributed by atoms with Gasteiger partial charge in [0.1, 0.15) is 0 Å². The lowest BCUT2D eigenvalue weighted by atomic mass is 10.1. The zero-order valence-corrected chi connectivity index (χ0v) is 11.1. The lowest BCUT2D eigenvalue weighted by Gasteiger charge is -2.06. The molecule has 0 aliphatic carbocycles. The molecule has 0 aromatic carbocycles. The highest BCUT2D eigenvalue weighted by atomic mass is 32.1.